The molecule has 1 aromatic heterocycles. The minimum atomic E-state index is 0.290. The summed E-state index contributed by atoms with van der Waals surface area (Å²) in [5.74, 6) is 1.04. The first kappa shape index (κ1) is 8.38. The number of aryl methyl sites for hydroxylation is 1. The zero-order chi connectivity index (χ0) is 9.42. The number of methoxy groups -OCH3 is 1. The molecule has 2 nitrogen and oxygen atoms in total. The average molecular weight is 194 g/mol. The van der Waals surface area contributed by atoms with Crippen LogP contribution in [0.4, 0.5) is 0 Å². The number of hydrogen-bond donors (Lipinski definition) is 1. The zero-order valence-corrected chi connectivity index (χ0v) is 8.31. The topological polar surface area (TPSA) is 29.5 Å². The molecular weight excluding hydrogens is 184 g/mol. The summed E-state index contributed by atoms with van der Waals surface area (Å²) in [4.78, 5) is 0. The van der Waals surface area contributed by atoms with Crippen molar-refractivity contribution in [1.29, 1.82) is 0 Å². The number of fused-ring (bicyclic) bond motifs is 1. The van der Waals surface area contributed by atoms with Gasteiger partial charge in [0.1, 0.15) is 11.5 Å². The molecule has 0 saturated carbocycles. The summed E-state index contributed by atoms with van der Waals surface area (Å²) >= 11 is 1.59. The molecule has 1 aromatic carbocycles. The predicted molar refractivity (Wildman–Crippen MR) is 54.8 cm³/mol. The summed E-state index contributed by atoms with van der Waals surface area (Å²) < 4.78 is 6.25. The summed E-state index contributed by atoms with van der Waals surface area (Å²) in [6.07, 6.45) is 0. The third kappa shape index (κ3) is 1.16. The van der Waals surface area contributed by atoms with Crippen LogP contribution in [0.1, 0.15) is 5.56 Å². The average Bonchev–Trinajstić information content (AvgIpc) is 2.56. The van der Waals surface area contributed by atoms with Crippen LogP contribution >= 0.6 is 11.3 Å². The standard InChI is InChI=1S/C10H10O2S/c1-6-3-4-7(11)9-8(12-2)5-13-10(6)9/h3-5,11H,1-2H3. The first-order valence-corrected chi connectivity index (χ1v) is 4.85. The Balaban J connectivity index is 2.87. The maximum absolute atomic E-state index is 9.62. The van der Waals surface area contributed by atoms with E-state index in [1.54, 1.807) is 24.5 Å². The highest BCUT2D eigenvalue weighted by Gasteiger charge is 2.10. The van der Waals surface area contributed by atoms with Crippen molar-refractivity contribution in [3.63, 3.8) is 0 Å². The molecule has 0 amide bonds. The summed E-state index contributed by atoms with van der Waals surface area (Å²) in [7, 11) is 1.61. The number of benzene rings is 1. The van der Waals surface area contributed by atoms with Crippen molar-refractivity contribution >= 4 is 21.4 Å². The fraction of sp³-hybridized carbons (Fsp3) is 0.200. The van der Waals surface area contributed by atoms with Crippen molar-refractivity contribution in [1.82, 2.24) is 0 Å². The zero-order valence-electron chi connectivity index (χ0n) is 7.50. The molecule has 1 heterocycles. The molecule has 2 rings (SSSR count). The van der Waals surface area contributed by atoms with E-state index in [4.69, 9.17) is 4.74 Å². The van der Waals surface area contributed by atoms with Gasteiger partial charge in [0.15, 0.2) is 0 Å². The van der Waals surface area contributed by atoms with Crippen molar-refractivity contribution in [3.05, 3.63) is 23.1 Å². The fourth-order valence-corrected chi connectivity index (χ4v) is 2.40. The van der Waals surface area contributed by atoms with E-state index in [2.05, 4.69) is 0 Å². The van der Waals surface area contributed by atoms with E-state index in [1.807, 2.05) is 18.4 Å². The summed E-state index contributed by atoms with van der Waals surface area (Å²) in [6.45, 7) is 2.03. The van der Waals surface area contributed by atoms with Gasteiger partial charge < -0.3 is 9.84 Å². The van der Waals surface area contributed by atoms with Crippen molar-refractivity contribution in [2.75, 3.05) is 7.11 Å². The second-order valence-electron chi connectivity index (χ2n) is 2.91. The van der Waals surface area contributed by atoms with Gasteiger partial charge in [-0.2, -0.15) is 0 Å². The Kier molecular flexibility index (Phi) is 1.88. The minimum absolute atomic E-state index is 0.290. The van der Waals surface area contributed by atoms with E-state index in [-0.39, 0.29) is 0 Å². The lowest BCUT2D eigenvalue weighted by Gasteiger charge is -2.01. The van der Waals surface area contributed by atoms with E-state index in [0.717, 1.165) is 15.8 Å². The van der Waals surface area contributed by atoms with Gasteiger partial charge in [0, 0.05) is 10.1 Å². The van der Waals surface area contributed by atoms with Crippen molar-refractivity contribution in [2.45, 2.75) is 6.92 Å². The molecule has 0 spiro atoms. The first-order valence-electron chi connectivity index (χ1n) is 3.98. The molecule has 0 saturated heterocycles. The van der Waals surface area contributed by atoms with Gasteiger partial charge in [0.2, 0.25) is 0 Å². The van der Waals surface area contributed by atoms with Crippen molar-refractivity contribution < 1.29 is 9.84 Å². The summed E-state index contributed by atoms with van der Waals surface area (Å²) in [5.41, 5.74) is 1.17. The van der Waals surface area contributed by atoms with Crippen LogP contribution in [0.15, 0.2) is 17.5 Å². The van der Waals surface area contributed by atoms with Gasteiger partial charge in [0.05, 0.1) is 12.5 Å². The predicted octanol–water partition coefficient (Wildman–Crippen LogP) is 2.92. The fourth-order valence-electron chi connectivity index (χ4n) is 1.39. The van der Waals surface area contributed by atoms with E-state index in [1.165, 1.54) is 5.56 Å². The van der Waals surface area contributed by atoms with E-state index in [0.29, 0.717) is 5.75 Å². The number of ether oxygens (including phenoxy) is 1. The third-order valence-electron chi connectivity index (χ3n) is 2.08. The quantitative estimate of drug-likeness (QED) is 0.756. The normalized spacial score (nSPS) is 10.6. The van der Waals surface area contributed by atoms with Crippen LogP contribution < -0.4 is 4.74 Å². The number of hydrogen-bond acceptors (Lipinski definition) is 3. The molecule has 0 aliphatic carbocycles. The van der Waals surface area contributed by atoms with Crippen molar-refractivity contribution in [3.8, 4) is 11.5 Å². The van der Waals surface area contributed by atoms with E-state index < -0.39 is 0 Å². The van der Waals surface area contributed by atoms with Gasteiger partial charge >= 0.3 is 0 Å². The monoisotopic (exact) mass is 194 g/mol. The van der Waals surface area contributed by atoms with Gasteiger partial charge in [-0.3, -0.25) is 0 Å². The smallest absolute Gasteiger partial charge is 0.141 e. The van der Waals surface area contributed by atoms with Crippen molar-refractivity contribution in [2.24, 2.45) is 0 Å². The number of phenols is 1. The van der Waals surface area contributed by atoms with Gasteiger partial charge in [-0.15, -0.1) is 11.3 Å². The molecule has 1 N–H and O–H groups in total. The van der Waals surface area contributed by atoms with Crippen LogP contribution in [0.25, 0.3) is 10.1 Å². The molecule has 0 unspecified atom stereocenters. The molecule has 0 aliphatic rings. The Labute approximate surface area is 80.4 Å². The Morgan fingerprint density at radius 1 is 1.38 bits per heavy atom. The molecule has 0 aliphatic heterocycles. The lowest BCUT2D eigenvalue weighted by molar-refractivity contribution is 0.417. The van der Waals surface area contributed by atoms with Crippen LogP contribution in [0.2, 0.25) is 0 Å². The van der Waals surface area contributed by atoms with Crippen LogP contribution in [0.5, 0.6) is 11.5 Å². The van der Waals surface area contributed by atoms with Gasteiger partial charge in [-0.25, -0.2) is 0 Å². The van der Waals surface area contributed by atoms with Crippen LogP contribution in [0.3, 0.4) is 0 Å². The summed E-state index contributed by atoms with van der Waals surface area (Å²) in [6, 6.07) is 3.61. The Bertz CT molecular complexity index is 445. The number of phenolic OH excluding ortho intramolecular Hbond substituents is 1. The van der Waals surface area contributed by atoms with Gasteiger partial charge in [0.25, 0.3) is 0 Å². The Hall–Kier alpha value is -1.22. The SMILES string of the molecule is COc1csc2c(C)ccc(O)c12. The molecule has 2 aromatic rings. The Morgan fingerprint density at radius 2 is 2.15 bits per heavy atom. The maximum Gasteiger partial charge on any atom is 0.141 e. The first-order chi connectivity index (χ1) is 6.24. The Morgan fingerprint density at radius 3 is 2.85 bits per heavy atom. The summed E-state index contributed by atoms with van der Waals surface area (Å²) in [5, 5.41) is 12.4. The minimum Gasteiger partial charge on any atom is -0.507 e. The highest BCUT2D eigenvalue weighted by Crippen LogP contribution is 2.39. The van der Waals surface area contributed by atoms with E-state index in [9.17, 15) is 5.11 Å². The van der Waals surface area contributed by atoms with Crippen LogP contribution in [-0.4, -0.2) is 12.2 Å². The third-order valence-corrected chi connectivity index (χ3v) is 3.18. The highest BCUT2D eigenvalue weighted by molar-refractivity contribution is 7.17. The molecule has 68 valence electrons. The molecule has 3 heteroatoms. The largest absolute Gasteiger partial charge is 0.507 e. The molecule has 0 radical (unpaired) electrons. The van der Waals surface area contributed by atoms with E-state index >= 15 is 0 Å². The molecule has 0 atom stereocenters. The second-order valence-corrected chi connectivity index (χ2v) is 3.79. The van der Waals surface area contributed by atoms with Crippen LogP contribution in [0, 0.1) is 6.92 Å². The van der Waals surface area contributed by atoms with Crippen LogP contribution in [-0.2, 0) is 0 Å². The molecule has 0 bridgehead atoms. The van der Waals surface area contributed by atoms with Gasteiger partial charge in [-0.1, -0.05) is 6.07 Å². The number of aromatic hydroxyl groups is 1. The number of rotatable bonds is 1. The molecule has 13 heavy (non-hydrogen) atoms. The number of thiophene rings is 1. The maximum atomic E-state index is 9.62. The lowest BCUT2D eigenvalue weighted by atomic mass is 10.1. The van der Waals surface area contributed by atoms with Gasteiger partial charge in [-0.05, 0) is 18.6 Å². The lowest BCUT2D eigenvalue weighted by Crippen LogP contribution is -1.80. The second kappa shape index (κ2) is 2.92. The highest BCUT2D eigenvalue weighted by atomic mass is 32.1. The molecular formula is C10H10O2S. The molecule has 0 fully saturated rings.